The number of carbonyl (C=O) groups excluding carboxylic acids is 1. The molecule has 3 heteroatoms. The van der Waals surface area contributed by atoms with E-state index in [1.165, 1.54) is 0 Å². The van der Waals surface area contributed by atoms with Gasteiger partial charge in [-0.1, -0.05) is 0 Å². The maximum Gasteiger partial charge on any atom is 0.309 e. The molecule has 0 aromatic rings. The van der Waals surface area contributed by atoms with Crippen LogP contribution in [0.3, 0.4) is 0 Å². The van der Waals surface area contributed by atoms with Crippen molar-refractivity contribution in [2.45, 2.75) is 19.8 Å². The minimum atomic E-state index is 0.0411. The van der Waals surface area contributed by atoms with Crippen LogP contribution in [0.25, 0.3) is 0 Å². The van der Waals surface area contributed by atoms with E-state index in [2.05, 4.69) is 5.32 Å². The van der Waals surface area contributed by atoms with Gasteiger partial charge in [-0.3, -0.25) is 4.79 Å². The first-order valence-corrected chi connectivity index (χ1v) is 5.22. The Balaban J connectivity index is 1.87. The van der Waals surface area contributed by atoms with E-state index in [9.17, 15) is 4.79 Å². The molecule has 3 nitrogen and oxygen atoms in total. The van der Waals surface area contributed by atoms with Gasteiger partial charge >= 0.3 is 5.97 Å². The van der Waals surface area contributed by atoms with Gasteiger partial charge in [0.05, 0.1) is 12.5 Å². The largest absolute Gasteiger partial charge is 0.466 e. The third kappa shape index (κ3) is 1.70. The van der Waals surface area contributed by atoms with Crippen LogP contribution in [0.4, 0.5) is 0 Å². The lowest BCUT2D eigenvalue weighted by molar-refractivity contribution is -0.145. The number of nitrogens with one attached hydrogen (secondary N) is 1. The monoisotopic (exact) mass is 183 g/mol. The third-order valence-corrected chi connectivity index (χ3v) is 3.20. The first kappa shape index (κ1) is 9.00. The summed E-state index contributed by atoms with van der Waals surface area (Å²) in [6, 6.07) is 0. The Kier molecular flexibility index (Phi) is 2.54. The highest BCUT2D eigenvalue weighted by molar-refractivity contribution is 5.76. The van der Waals surface area contributed by atoms with Gasteiger partial charge in [0.1, 0.15) is 0 Å². The van der Waals surface area contributed by atoms with E-state index in [1.54, 1.807) is 0 Å². The van der Waals surface area contributed by atoms with E-state index in [1.807, 2.05) is 6.92 Å². The van der Waals surface area contributed by atoms with E-state index in [4.69, 9.17) is 4.74 Å². The number of hydrogen-bond donors (Lipinski definition) is 1. The smallest absolute Gasteiger partial charge is 0.309 e. The normalized spacial score (nSPS) is 37.5. The van der Waals surface area contributed by atoms with Crippen molar-refractivity contribution >= 4 is 5.97 Å². The van der Waals surface area contributed by atoms with Crippen molar-refractivity contribution in [1.29, 1.82) is 0 Å². The Morgan fingerprint density at radius 2 is 2.00 bits per heavy atom. The zero-order valence-corrected chi connectivity index (χ0v) is 8.08. The highest BCUT2D eigenvalue weighted by Crippen LogP contribution is 2.51. The molecule has 1 heterocycles. The van der Waals surface area contributed by atoms with Crippen molar-refractivity contribution in [2.75, 3.05) is 19.7 Å². The summed E-state index contributed by atoms with van der Waals surface area (Å²) in [5.74, 6) is 1.52. The molecule has 0 bridgehead atoms. The van der Waals surface area contributed by atoms with Crippen molar-refractivity contribution < 1.29 is 9.53 Å². The average Bonchev–Trinajstić information content (AvgIpc) is 2.77. The molecule has 13 heavy (non-hydrogen) atoms. The summed E-state index contributed by atoms with van der Waals surface area (Å²) in [5.41, 5.74) is 0. The Bertz CT molecular complexity index is 193. The first-order valence-electron chi connectivity index (χ1n) is 5.22. The third-order valence-electron chi connectivity index (χ3n) is 3.20. The zero-order valence-electron chi connectivity index (χ0n) is 8.08. The Labute approximate surface area is 78.8 Å². The molecule has 3 atom stereocenters. The molecule has 1 aliphatic carbocycles. The molecule has 0 aromatic carbocycles. The predicted molar refractivity (Wildman–Crippen MR) is 49.2 cm³/mol. The summed E-state index contributed by atoms with van der Waals surface area (Å²) in [6.45, 7) is 4.53. The number of rotatable bonds is 2. The van der Waals surface area contributed by atoms with E-state index >= 15 is 0 Å². The van der Waals surface area contributed by atoms with E-state index in [0.29, 0.717) is 18.4 Å². The van der Waals surface area contributed by atoms with Crippen LogP contribution >= 0.6 is 0 Å². The second-order valence-corrected chi connectivity index (χ2v) is 3.93. The van der Waals surface area contributed by atoms with Crippen LogP contribution in [0.2, 0.25) is 0 Å². The van der Waals surface area contributed by atoms with Crippen LogP contribution in [0, 0.1) is 17.8 Å². The van der Waals surface area contributed by atoms with Gasteiger partial charge in [-0.05, 0) is 44.7 Å². The van der Waals surface area contributed by atoms with Crippen LogP contribution in [-0.2, 0) is 9.53 Å². The van der Waals surface area contributed by atoms with E-state index in [-0.39, 0.29) is 11.9 Å². The Morgan fingerprint density at radius 3 is 2.54 bits per heavy atom. The summed E-state index contributed by atoms with van der Waals surface area (Å²) >= 11 is 0. The molecule has 74 valence electrons. The molecule has 0 unspecified atom stereocenters. The molecular weight excluding hydrogens is 166 g/mol. The van der Waals surface area contributed by atoms with Gasteiger partial charge in [0.25, 0.3) is 0 Å². The molecule has 0 spiro atoms. The SMILES string of the molecule is CCOC(=O)[C@H]1[C@@H]2CCNCC[C@@H]21. The number of esters is 1. The minimum absolute atomic E-state index is 0.0411. The summed E-state index contributed by atoms with van der Waals surface area (Å²) in [7, 11) is 0. The molecule has 2 rings (SSSR count). The zero-order chi connectivity index (χ0) is 9.26. The standard InChI is InChI=1S/C10H17NO2/c1-2-13-10(12)9-7-3-5-11-6-4-8(7)9/h7-9,11H,2-6H2,1H3/t7-,8+,9+. The lowest BCUT2D eigenvalue weighted by Gasteiger charge is -2.03. The summed E-state index contributed by atoms with van der Waals surface area (Å²) in [6.07, 6.45) is 2.29. The van der Waals surface area contributed by atoms with Crippen LogP contribution in [0.5, 0.6) is 0 Å². The molecule has 1 N–H and O–H groups in total. The first-order chi connectivity index (χ1) is 6.34. The van der Waals surface area contributed by atoms with Crippen LogP contribution in [0.15, 0.2) is 0 Å². The van der Waals surface area contributed by atoms with Crippen molar-refractivity contribution in [2.24, 2.45) is 17.8 Å². The maximum atomic E-state index is 11.4. The van der Waals surface area contributed by atoms with E-state index < -0.39 is 0 Å². The minimum Gasteiger partial charge on any atom is -0.466 e. The van der Waals surface area contributed by atoms with Crippen molar-refractivity contribution in [3.63, 3.8) is 0 Å². The molecular formula is C10H17NO2. The molecule has 0 aromatic heterocycles. The van der Waals surface area contributed by atoms with Crippen molar-refractivity contribution in [3.8, 4) is 0 Å². The van der Waals surface area contributed by atoms with Gasteiger partial charge in [-0.2, -0.15) is 0 Å². The molecule has 1 saturated carbocycles. The predicted octanol–water partition coefficient (Wildman–Crippen LogP) is 0.795. The Morgan fingerprint density at radius 1 is 1.38 bits per heavy atom. The van der Waals surface area contributed by atoms with Crippen molar-refractivity contribution in [1.82, 2.24) is 5.32 Å². The topological polar surface area (TPSA) is 38.3 Å². The van der Waals surface area contributed by atoms with Gasteiger partial charge in [-0.25, -0.2) is 0 Å². The number of carbonyl (C=O) groups is 1. The van der Waals surface area contributed by atoms with Gasteiger partial charge in [0.15, 0.2) is 0 Å². The van der Waals surface area contributed by atoms with Crippen LogP contribution in [-0.4, -0.2) is 25.7 Å². The molecule has 0 amide bonds. The molecule has 2 fully saturated rings. The van der Waals surface area contributed by atoms with Gasteiger partial charge < -0.3 is 10.1 Å². The quantitative estimate of drug-likeness (QED) is 0.643. The van der Waals surface area contributed by atoms with Gasteiger partial charge in [0, 0.05) is 0 Å². The summed E-state index contributed by atoms with van der Waals surface area (Å²) in [5, 5.41) is 3.35. The van der Waals surface area contributed by atoms with Gasteiger partial charge in [0.2, 0.25) is 0 Å². The Hall–Kier alpha value is -0.570. The highest BCUT2D eigenvalue weighted by Gasteiger charge is 2.54. The molecule has 1 saturated heterocycles. The number of fused-ring (bicyclic) bond motifs is 1. The number of hydrogen-bond acceptors (Lipinski definition) is 3. The van der Waals surface area contributed by atoms with Crippen LogP contribution in [0.1, 0.15) is 19.8 Å². The molecule has 1 aliphatic heterocycles. The van der Waals surface area contributed by atoms with Crippen LogP contribution < -0.4 is 5.32 Å². The molecule has 0 radical (unpaired) electrons. The fourth-order valence-corrected chi connectivity index (χ4v) is 2.48. The lowest BCUT2D eigenvalue weighted by atomic mass is 10.2. The number of ether oxygens (including phenoxy) is 1. The second-order valence-electron chi connectivity index (χ2n) is 3.93. The van der Waals surface area contributed by atoms with Gasteiger partial charge in [-0.15, -0.1) is 0 Å². The summed E-state index contributed by atoms with van der Waals surface area (Å²) < 4.78 is 5.04. The lowest BCUT2D eigenvalue weighted by Crippen LogP contribution is -2.18. The van der Waals surface area contributed by atoms with E-state index in [0.717, 1.165) is 25.9 Å². The van der Waals surface area contributed by atoms with Crippen molar-refractivity contribution in [3.05, 3.63) is 0 Å². The maximum absolute atomic E-state index is 11.4. The summed E-state index contributed by atoms with van der Waals surface area (Å²) in [4.78, 5) is 11.4. The highest BCUT2D eigenvalue weighted by atomic mass is 16.5. The fraction of sp³-hybridized carbons (Fsp3) is 0.900. The average molecular weight is 183 g/mol. The molecule has 2 aliphatic rings. The second kappa shape index (κ2) is 3.66. The fourth-order valence-electron chi connectivity index (χ4n) is 2.48.